The van der Waals surface area contributed by atoms with E-state index in [0.717, 1.165) is 5.56 Å². The topological polar surface area (TPSA) is 99.6 Å². The fourth-order valence-electron chi connectivity index (χ4n) is 2.94. The SMILES string of the molecule is COCc1nc(Cl)c(Oc2cc(OC)ccc2Cl)c(NS(=O)(=O)c2ccc(C(C)(C)C)cc2)n1. The molecule has 0 unspecified atom stereocenters. The summed E-state index contributed by atoms with van der Waals surface area (Å²) in [4.78, 5) is 8.43. The van der Waals surface area contributed by atoms with Gasteiger partial charge in [0.25, 0.3) is 10.0 Å². The number of benzene rings is 2. The molecule has 0 radical (unpaired) electrons. The smallest absolute Gasteiger partial charge is 0.263 e. The predicted molar refractivity (Wildman–Crippen MR) is 132 cm³/mol. The first-order chi connectivity index (χ1) is 15.9. The lowest BCUT2D eigenvalue weighted by Gasteiger charge is -2.19. The Hall–Kier alpha value is -2.59. The van der Waals surface area contributed by atoms with Gasteiger partial charge in [0, 0.05) is 13.2 Å². The molecule has 1 aromatic heterocycles. The van der Waals surface area contributed by atoms with Crippen LogP contribution in [0.2, 0.25) is 10.2 Å². The molecule has 1 heterocycles. The standard InChI is InChI=1S/C23H25Cl2N3O5S/c1-23(2,3)14-6-9-16(10-7-14)34(29,30)28-22-20(21(25)26-19(27-22)13-31-4)33-18-12-15(32-5)8-11-17(18)24/h6-12H,13H2,1-5H3,(H,26,27,28). The van der Waals surface area contributed by atoms with Crippen LogP contribution in [0.3, 0.4) is 0 Å². The highest BCUT2D eigenvalue weighted by atomic mass is 35.5. The molecule has 0 spiro atoms. The Kier molecular flexibility index (Phi) is 7.92. The largest absolute Gasteiger partial charge is 0.497 e. The Labute approximate surface area is 209 Å². The summed E-state index contributed by atoms with van der Waals surface area (Å²) in [6, 6.07) is 11.4. The number of nitrogens with zero attached hydrogens (tertiary/aromatic N) is 2. The molecule has 0 atom stereocenters. The van der Waals surface area contributed by atoms with Gasteiger partial charge in [0.2, 0.25) is 5.75 Å². The third-order valence-electron chi connectivity index (χ3n) is 4.76. The lowest BCUT2D eigenvalue weighted by molar-refractivity contribution is 0.177. The van der Waals surface area contributed by atoms with Crippen LogP contribution >= 0.6 is 23.2 Å². The minimum Gasteiger partial charge on any atom is -0.497 e. The summed E-state index contributed by atoms with van der Waals surface area (Å²) in [5, 5.41) is 0.131. The van der Waals surface area contributed by atoms with Crippen molar-refractivity contribution in [1.29, 1.82) is 0 Å². The minimum absolute atomic E-state index is 0.00885. The average molecular weight is 526 g/mol. The number of hydrogen-bond acceptors (Lipinski definition) is 7. The van der Waals surface area contributed by atoms with Crippen molar-refractivity contribution in [3.05, 3.63) is 64.0 Å². The second kappa shape index (κ2) is 10.4. The molecule has 11 heteroatoms. The van der Waals surface area contributed by atoms with Crippen molar-refractivity contribution in [2.45, 2.75) is 37.7 Å². The average Bonchev–Trinajstić information content (AvgIpc) is 2.77. The van der Waals surface area contributed by atoms with E-state index in [-0.39, 0.29) is 50.2 Å². The second-order valence-electron chi connectivity index (χ2n) is 8.32. The Morgan fingerprint density at radius 2 is 1.68 bits per heavy atom. The molecule has 0 saturated heterocycles. The van der Waals surface area contributed by atoms with Crippen LogP contribution < -0.4 is 14.2 Å². The van der Waals surface area contributed by atoms with Gasteiger partial charge in [0.05, 0.1) is 17.0 Å². The van der Waals surface area contributed by atoms with Gasteiger partial charge in [-0.25, -0.2) is 18.4 Å². The number of hydrogen-bond donors (Lipinski definition) is 1. The van der Waals surface area contributed by atoms with E-state index in [4.69, 9.17) is 37.4 Å². The van der Waals surface area contributed by atoms with Gasteiger partial charge in [-0.15, -0.1) is 0 Å². The summed E-state index contributed by atoms with van der Waals surface area (Å²) < 4.78 is 44.9. The monoisotopic (exact) mass is 525 g/mol. The van der Waals surface area contributed by atoms with E-state index in [1.807, 2.05) is 20.8 Å². The van der Waals surface area contributed by atoms with Crippen molar-refractivity contribution >= 4 is 39.0 Å². The van der Waals surface area contributed by atoms with Gasteiger partial charge >= 0.3 is 0 Å². The molecule has 34 heavy (non-hydrogen) atoms. The van der Waals surface area contributed by atoms with Crippen molar-refractivity contribution in [2.24, 2.45) is 0 Å². The summed E-state index contributed by atoms with van der Waals surface area (Å²) in [5.41, 5.74) is 0.873. The van der Waals surface area contributed by atoms with Gasteiger partial charge in [-0.1, -0.05) is 56.1 Å². The van der Waals surface area contributed by atoms with Crippen LogP contribution in [0.25, 0.3) is 0 Å². The number of anilines is 1. The van der Waals surface area contributed by atoms with E-state index in [9.17, 15) is 8.42 Å². The van der Waals surface area contributed by atoms with Crippen LogP contribution in [0.1, 0.15) is 32.2 Å². The Morgan fingerprint density at radius 3 is 2.26 bits per heavy atom. The van der Waals surface area contributed by atoms with Gasteiger partial charge in [-0.05, 0) is 35.2 Å². The van der Waals surface area contributed by atoms with Crippen LogP contribution in [-0.4, -0.2) is 32.6 Å². The molecule has 8 nitrogen and oxygen atoms in total. The lowest BCUT2D eigenvalue weighted by Crippen LogP contribution is -2.17. The molecule has 1 N–H and O–H groups in total. The third kappa shape index (κ3) is 6.09. The van der Waals surface area contributed by atoms with E-state index < -0.39 is 10.0 Å². The van der Waals surface area contributed by atoms with Gasteiger partial charge in [0.15, 0.2) is 16.8 Å². The van der Waals surface area contributed by atoms with Crippen molar-refractivity contribution in [2.75, 3.05) is 18.9 Å². The van der Waals surface area contributed by atoms with Crippen LogP contribution in [0.4, 0.5) is 5.82 Å². The minimum atomic E-state index is -4.04. The zero-order valence-corrected chi connectivity index (χ0v) is 21.7. The highest BCUT2D eigenvalue weighted by Crippen LogP contribution is 2.39. The maximum Gasteiger partial charge on any atom is 0.263 e. The third-order valence-corrected chi connectivity index (χ3v) is 6.68. The fraction of sp³-hybridized carbons (Fsp3) is 0.304. The molecule has 3 rings (SSSR count). The molecule has 0 bridgehead atoms. The first kappa shape index (κ1) is 26.0. The predicted octanol–water partition coefficient (Wildman–Crippen LogP) is 5.83. The summed E-state index contributed by atoms with van der Waals surface area (Å²) in [5.74, 6) is 0.546. The van der Waals surface area contributed by atoms with E-state index >= 15 is 0 Å². The highest BCUT2D eigenvalue weighted by molar-refractivity contribution is 7.92. The maximum absolute atomic E-state index is 13.2. The van der Waals surface area contributed by atoms with E-state index in [0.29, 0.717) is 5.75 Å². The molecule has 0 fully saturated rings. The number of aromatic nitrogens is 2. The Bertz CT molecular complexity index is 1280. The molecule has 182 valence electrons. The first-order valence-electron chi connectivity index (χ1n) is 10.1. The second-order valence-corrected chi connectivity index (χ2v) is 10.8. The quantitative estimate of drug-likeness (QED) is 0.369. The summed E-state index contributed by atoms with van der Waals surface area (Å²) >= 11 is 12.6. The summed E-state index contributed by atoms with van der Waals surface area (Å²) in [6.45, 7) is 6.14. The van der Waals surface area contributed by atoms with Crippen LogP contribution in [0.5, 0.6) is 17.2 Å². The van der Waals surface area contributed by atoms with Gasteiger partial charge in [-0.3, -0.25) is 4.72 Å². The fourth-order valence-corrected chi connectivity index (χ4v) is 4.33. The molecule has 2 aromatic carbocycles. The van der Waals surface area contributed by atoms with Crippen molar-refractivity contribution < 1.29 is 22.6 Å². The number of sulfonamides is 1. The number of halogens is 2. The molecule has 0 saturated carbocycles. The number of nitrogens with one attached hydrogen (secondary N) is 1. The normalized spacial score (nSPS) is 11.9. The zero-order chi connectivity index (χ0) is 25.1. The number of methoxy groups -OCH3 is 2. The van der Waals surface area contributed by atoms with Crippen molar-refractivity contribution in [3.8, 4) is 17.2 Å². The van der Waals surface area contributed by atoms with E-state index in [2.05, 4.69) is 14.7 Å². The molecular weight excluding hydrogens is 501 g/mol. The summed E-state index contributed by atoms with van der Waals surface area (Å²) in [7, 11) is -1.09. The first-order valence-corrected chi connectivity index (χ1v) is 12.4. The number of ether oxygens (including phenoxy) is 3. The van der Waals surface area contributed by atoms with Gasteiger partial charge in [-0.2, -0.15) is 0 Å². The highest BCUT2D eigenvalue weighted by Gasteiger charge is 2.24. The molecule has 0 aliphatic rings. The van der Waals surface area contributed by atoms with E-state index in [1.54, 1.807) is 24.3 Å². The van der Waals surface area contributed by atoms with Crippen LogP contribution in [0, 0.1) is 0 Å². The zero-order valence-electron chi connectivity index (χ0n) is 19.3. The van der Waals surface area contributed by atoms with Crippen LogP contribution in [0.15, 0.2) is 47.4 Å². The Balaban J connectivity index is 2.04. The van der Waals surface area contributed by atoms with Crippen LogP contribution in [-0.2, 0) is 26.8 Å². The summed E-state index contributed by atoms with van der Waals surface area (Å²) in [6.07, 6.45) is 0. The van der Waals surface area contributed by atoms with E-state index in [1.165, 1.54) is 32.4 Å². The molecule has 0 aliphatic carbocycles. The van der Waals surface area contributed by atoms with Crippen molar-refractivity contribution in [1.82, 2.24) is 9.97 Å². The number of rotatable bonds is 8. The molecular formula is C23H25Cl2N3O5S. The Morgan fingerprint density at radius 1 is 1.00 bits per heavy atom. The molecule has 0 amide bonds. The maximum atomic E-state index is 13.2. The van der Waals surface area contributed by atoms with Gasteiger partial charge in [0.1, 0.15) is 18.1 Å². The molecule has 0 aliphatic heterocycles. The van der Waals surface area contributed by atoms with Crippen molar-refractivity contribution in [3.63, 3.8) is 0 Å². The lowest BCUT2D eigenvalue weighted by atomic mass is 9.87. The van der Waals surface area contributed by atoms with Gasteiger partial charge < -0.3 is 14.2 Å². The molecule has 3 aromatic rings.